The van der Waals surface area contributed by atoms with Crippen LogP contribution in [0.3, 0.4) is 0 Å². The maximum Gasteiger partial charge on any atom is 0.138 e. The van der Waals surface area contributed by atoms with Crippen LogP contribution in [0.4, 0.5) is 4.39 Å². The zero-order valence-electron chi connectivity index (χ0n) is 9.37. The van der Waals surface area contributed by atoms with Gasteiger partial charge in [-0.15, -0.1) is 0 Å². The van der Waals surface area contributed by atoms with E-state index in [0.29, 0.717) is 0 Å². The Kier molecular flexibility index (Phi) is 2.18. The van der Waals surface area contributed by atoms with Gasteiger partial charge in [-0.25, -0.2) is 9.37 Å². The smallest absolute Gasteiger partial charge is 0.138 e. The Hall–Kier alpha value is -2.16. The van der Waals surface area contributed by atoms with Gasteiger partial charge in [-0.2, -0.15) is 0 Å². The fourth-order valence-electron chi connectivity index (χ4n) is 1.89. The molecule has 0 amide bonds. The topological polar surface area (TPSA) is 28.7 Å². The highest BCUT2D eigenvalue weighted by Gasteiger charge is 2.04. The van der Waals surface area contributed by atoms with Crippen LogP contribution in [0.25, 0.3) is 22.3 Å². The second-order valence-corrected chi connectivity index (χ2v) is 4.08. The predicted octanol–water partition coefficient (Wildman–Crippen LogP) is 3.68. The number of rotatable bonds is 1. The minimum Gasteiger partial charge on any atom is -0.339 e. The summed E-state index contributed by atoms with van der Waals surface area (Å²) in [6.07, 6.45) is 0. The number of aromatic amines is 1. The van der Waals surface area contributed by atoms with Crippen molar-refractivity contribution in [3.8, 4) is 11.3 Å². The van der Waals surface area contributed by atoms with Gasteiger partial charge in [0.1, 0.15) is 11.5 Å². The zero-order valence-corrected chi connectivity index (χ0v) is 9.37. The van der Waals surface area contributed by atoms with Gasteiger partial charge in [-0.3, -0.25) is 0 Å². The molecule has 3 aromatic rings. The molecule has 1 aromatic carbocycles. The number of aryl methyl sites for hydroxylation is 1. The molecule has 2 heterocycles. The molecular weight excluding hydrogens is 215 g/mol. The third-order valence-corrected chi connectivity index (χ3v) is 2.77. The Bertz CT molecular complexity index is 668. The number of nitrogens with one attached hydrogen (secondary N) is 1. The summed E-state index contributed by atoms with van der Waals surface area (Å²) in [4.78, 5) is 7.65. The molecule has 84 valence electrons. The molecule has 2 nitrogen and oxygen atoms in total. The largest absolute Gasteiger partial charge is 0.339 e. The van der Waals surface area contributed by atoms with Crippen molar-refractivity contribution in [3.63, 3.8) is 0 Å². The molecule has 2 aromatic heterocycles. The second-order valence-electron chi connectivity index (χ2n) is 4.08. The molecule has 3 heteroatoms. The van der Waals surface area contributed by atoms with Crippen LogP contribution in [-0.4, -0.2) is 9.97 Å². The van der Waals surface area contributed by atoms with Crippen LogP contribution in [0.5, 0.6) is 0 Å². The summed E-state index contributed by atoms with van der Waals surface area (Å²) in [5.74, 6) is -0.223. The van der Waals surface area contributed by atoms with Gasteiger partial charge >= 0.3 is 0 Å². The van der Waals surface area contributed by atoms with E-state index in [1.54, 1.807) is 12.1 Å². The normalized spacial score (nSPS) is 10.9. The summed E-state index contributed by atoms with van der Waals surface area (Å²) in [6, 6.07) is 12.5. The van der Waals surface area contributed by atoms with Crippen molar-refractivity contribution in [2.75, 3.05) is 0 Å². The summed E-state index contributed by atoms with van der Waals surface area (Å²) in [6.45, 7) is 1.96. The quantitative estimate of drug-likeness (QED) is 0.673. The molecule has 0 aliphatic carbocycles. The standard InChI is InChI=1S/C14H11FN2/c1-9-2-3-11-8-13(17-14(11)16-9)10-4-6-12(15)7-5-10/h2-8H,1H3,(H,16,17). The third-order valence-electron chi connectivity index (χ3n) is 2.77. The van der Waals surface area contributed by atoms with Gasteiger partial charge in [0.15, 0.2) is 0 Å². The highest BCUT2D eigenvalue weighted by atomic mass is 19.1. The van der Waals surface area contributed by atoms with E-state index < -0.39 is 0 Å². The average Bonchev–Trinajstić information content (AvgIpc) is 2.72. The Morgan fingerprint density at radius 1 is 1.06 bits per heavy atom. The lowest BCUT2D eigenvalue weighted by atomic mass is 10.1. The van der Waals surface area contributed by atoms with Gasteiger partial charge in [-0.05, 0) is 55.0 Å². The van der Waals surface area contributed by atoms with Crippen molar-refractivity contribution in [1.29, 1.82) is 0 Å². The van der Waals surface area contributed by atoms with Gasteiger partial charge in [0.2, 0.25) is 0 Å². The Morgan fingerprint density at radius 3 is 2.59 bits per heavy atom. The number of H-pyrrole nitrogens is 1. The molecule has 17 heavy (non-hydrogen) atoms. The van der Waals surface area contributed by atoms with Gasteiger partial charge < -0.3 is 4.98 Å². The van der Waals surface area contributed by atoms with Crippen molar-refractivity contribution in [2.24, 2.45) is 0 Å². The van der Waals surface area contributed by atoms with Crippen LogP contribution >= 0.6 is 0 Å². The summed E-state index contributed by atoms with van der Waals surface area (Å²) in [7, 11) is 0. The number of hydrogen-bond donors (Lipinski definition) is 1. The highest BCUT2D eigenvalue weighted by Crippen LogP contribution is 2.23. The summed E-state index contributed by atoms with van der Waals surface area (Å²) in [5, 5.41) is 1.06. The molecule has 0 radical (unpaired) electrons. The molecule has 0 aliphatic rings. The van der Waals surface area contributed by atoms with Crippen LogP contribution in [0, 0.1) is 12.7 Å². The van der Waals surface area contributed by atoms with E-state index in [0.717, 1.165) is 28.0 Å². The number of aromatic nitrogens is 2. The lowest BCUT2D eigenvalue weighted by molar-refractivity contribution is 0.628. The van der Waals surface area contributed by atoms with E-state index >= 15 is 0 Å². The first-order valence-electron chi connectivity index (χ1n) is 5.45. The number of pyridine rings is 1. The first-order chi connectivity index (χ1) is 8.22. The first kappa shape index (κ1) is 10.0. The second kappa shape index (κ2) is 3.70. The number of nitrogens with zero attached hydrogens (tertiary/aromatic N) is 1. The molecule has 0 unspecified atom stereocenters. The van der Waals surface area contributed by atoms with E-state index in [4.69, 9.17) is 0 Å². The van der Waals surface area contributed by atoms with Gasteiger partial charge in [-0.1, -0.05) is 0 Å². The average molecular weight is 226 g/mol. The molecule has 0 saturated carbocycles. The van der Waals surface area contributed by atoms with Gasteiger partial charge in [0.05, 0.1) is 0 Å². The van der Waals surface area contributed by atoms with E-state index in [1.807, 2.05) is 25.1 Å². The summed E-state index contributed by atoms with van der Waals surface area (Å²) >= 11 is 0. The van der Waals surface area contributed by atoms with Crippen LogP contribution in [0.2, 0.25) is 0 Å². The molecule has 0 spiro atoms. The molecule has 0 atom stereocenters. The van der Waals surface area contributed by atoms with Crippen molar-refractivity contribution >= 4 is 11.0 Å². The SMILES string of the molecule is Cc1ccc2cc(-c3ccc(F)cc3)[nH]c2n1. The monoisotopic (exact) mass is 226 g/mol. The van der Waals surface area contributed by atoms with Gasteiger partial charge in [0.25, 0.3) is 0 Å². The Morgan fingerprint density at radius 2 is 1.82 bits per heavy atom. The van der Waals surface area contributed by atoms with E-state index in [2.05, 4.69) is 9.97 Å². The zero-order chi connectivity index (χ0) is 11.8. The van der Waals surface area contributed by atoms with Crippen LogP contribution in [0.1, 0.15) is 5.69 Å². The fraction of sp³-hybridized carbons (Fsp3) is 0.0714. The maximum atomic E-state index is 12.8. The summed E-state index contributed by atoms with van der Waals surface area (Å²) < 4.78 is 12.8. The number of hydrogen-bond acceptors (Lipinski definition) is 1. The van der Waals surface area contributed by atoms with Crippen LogP contribution < -0.4 is 0 Å². The molecule has 0 fully saturated rings. The van der Waals surface area contributed by atoms with Crippen molar-refractivity contribution < 1.29 is 4.39 Å². The lowest BCUT2D eigenvalue weighted by Gasteiger charge is -1.96. The number of halogens is 1. The van der Waals surface area contributed by atoms with Crippen molar-refractivity contribution in [1.82, 2.24) is 9.97 Å². The highest BCUT2D eigenvalue weighted by molar-refractivity contribution is 5.83. The van der Waals surface area contributed by atoms with E-state index in [1.165, 1.54) is 12.1 Å². The first-order valence-corrected chi connectivity index (χ1v) is 5.45. The maximum absolute atomic E-state index is 12.8. The Balaban J connectivity index is 2.14. The van der Waals surface area contributed by atoms with Crippen molar-refractivity contribution in [2.45, 2.75) is 6.92 Å². The van der Waals surface area contributed by atoms with Crippen LogP contribution in [0.15, 0.2) is 42.5 Å². The molecule has 1 N–H and O–H groups in total. The molecule has 0 aliphatic heterocycles. The molecule has 3 rings (SSSR count). The summed E-state index contributed by atoms with van der Waals surface area (Å²) in [5.41, 5.74) is 3.76. The minimum absolute atomic E-state index is 0.223. The van der Waals surface area contributed by atoms with Gasteiger partial charge in [0, 0.05) is 16.8 Å². The number of fused-ring (bicyclic) bond motifs is 1. The lowest BCUT2D eigenvalue weighted by Crippen LogP contribution is -1.81. The Labute approximate surface area is 98.1 Å². The molecule has 0 saturated heterocycles. The fourth-order valence-corrected chi connectivity index (χ4v) is 1.89. The van der Waals surface area contributed by atoms with E-state index in [-0.39, 0.29) is 5.82 Å². The minimum atomic E-state index is -0.223. The molecular formula is C14H11FN2. The third kappa shape index (κ3) is 1.80. The van der Waals surface area contributed by atoms with Crippen molar-refractivity contribution in [3.05, 3.63) is 54.0 Å². The molecule has 0 bridgehead atoms. The predicted molar refractivity (Wildman–Crippen MR) is 66.2 cm³/mol. The van der Waals surface area contributed by atoms with E-state index in [9.17, 15) is 4.39 Å². The van der Waals surface area contributed by atoms with Crippen LogP contribution in [-0.2, 0) is 0 Å². The number of benzene rings is 1.